The molecule has 0 radical (unpaired) electrons. The lowest BCUT2D eigenvalue weighted by atomic mass is 9.78. The maximum atomic E-state index is 13.6. The molecule has 2 aliphatic heterocycles. The van der Waals surface area contributed by atoms with E-state index in [9.17, 15) is 4.79 Å². The molecule has 6 nitrogen and oxygen atoms in total. The van der Waals surface area contributed by atoms with Crippen molar-refractivity contribution in [2.45, 2.75) is 83.0 Å². The number of carbonyl (C=O) groups excluding carboxylic acids is 1. The number of nitrogens with one attached hydrogen (secondary N) is 1. The van der Waals surface area contributed by atoms with E-state index in [4.69, 9.17) is 0 Å². The highest BCUT2D eigenvalue weighted by Crippen LogP contribution is 2.40. The van der Waals surface area contributed by atoms with Crippen LogP contribution in [0.4, 0.5) is 5.82 Å². The Morgan fingerprint density at radius 1 is 1.15 bits per heavy atom. The van der Waals surface area contributed by atoms with Crippen LogP contribution < -0.4 is 5.32 Å². The lowest BCUT2D eigenvalue weighted by Gasteiger charge is -2.42. The third-order valence-corrected chi connectivity index (χ3v) is 8.20. The number of nitrogens with zero attached hydrogens (tertiary/aromatic N) is 4. The third kappa shape index (κ3) is 4.54. The molecular weight excluding hydrogens is 410 g/mol. The first kappa shape index (κ1) is 22.5. The van der Waals surface area contributed by atoms with Crippen LogP contribution in [0, 0.1) is 5.92 Å². The van der Waals surface area contributed by atoms with E-state index in [2.05, 4.69) is 64.2 Å². The van der Waals surface area contributed by atoms with Crippen molar-refractivity contribution in [3.05, 3.63) is 47.7 Å². The molecule has 3 aliphatic rings. The summed E-state index contributed by atoms with van der Waals surface area (Å²) in [5, 5.41) is 8.47. The highest BCUT2D eigenvalue weighted by Gasteiger charge is 2.40. The summed E-state index contributed by atoms with van der Waals surface area (Å²) in [6.45, 7) is 7.41. The number of likely N-dealkylation sites (tertiary alicyclic amines) is 1. The van der Waals surface area contributed by atoms with Crippen molar-refractivity contribution in [1.82, 2.24) is 19.6 Å². The SMILES string of the molecule is CN(C(=O)c1cnn2c1NC(C1CCCCC1)CC2(C)C)C1CCN(Cc2ccccc2)C1. The summed E-state index contributed by atoms with van der Waals surface area (Å²) in [4.78, 5) is 18.1. The number of fused-ring (bicyclic) bond motifs is 1. The predicted molar refractivity (Wildman–Crippen MR) is 132 cm³/mol. The molecule has 6 heteroatoms. The van der Waals surface area contributed by atoms with E-state index in [1.807, 2.05) is 11.9 Å². The molecule has 5 rings (SSSR count). The van der Waals surface area contributed by atoms with Crippen molar-refractivity contribution >= 4 is 11.7 Å². The highest BCUT2D eigenvalue weighted by molar-refractivity contribution is 5.99. The smallest absolute Gasteiger partial charge is 0.259 e. The van der Waals surface area contributed by atoms with Gasteiger partial charge in [-0.25, -0.2) is 4.68 Å². The molecular formula is C27H39N5O. The zero-order chi connectivity index (χ0) is 23.0. The summed E-state index contributed by atoms with van der Waals surface area (Å²) in [5.41, 5.74) is 1.98. The molecule has 0 spiro atoms. The Morgan fingerprint density at radius 2 is 1.91 bits per heavy atom. The van der Waals surface area contributed by atoms with Gasteiger partial charge in [-0.3, -0.25) is 9.69 Å². The maximum absolute atomic E-state index is 13.6. The van der Waals surface area contributed by atoms with Crippen LogP contribution in [0.5, 0.6) is 0 Å². The van der Waals surface area contributed by atoms with Gasteiger partial charge in [0.05, 0.1) is 11.7 Å². The zero-order valence-electron chi connectivity index (χ0n) is 20.5. The average molecular weight is 450 g/mol. The van der Waals surface area contributed by atoms with Crippen LogP contribution in [0.25, 0.3) is 0 Å². The van der Waals surface area contributed by atoms with E-state index in [0.29, 0.717) is 12.0 Å². The molecule has 0 bridgehead atoms. The quantitative estimate of drug-likeness (QED) is 0.717. The number of amides is 1. The lowest BCUT2D eigenvalue weighted by Crippen LogP contribution is -2.46. The number of likely N-dealkylation sites (N-methyl/N-ethyl adjacent to an activating group) is 1. The minimum atomic E-state index is -0.0837. The summed E-state index contributed by atoms with van der Waals surface area (Å²) >= 11 is 0. The van der Waals surface area contributed by atoms with Gasteiger partial charge in [-0.15, -0.1) is 0 Å². The van der Waals surface area contributed by atoms with Gasteiger partial charge in [-0.2, -0.15) is 5.10 Å². The number of rotatable bonds is 5. The van der Waals surface area contributed by atoms with Gasteiger partial charge in [-0.05, 0) is 51.0 Å². The summed E-state index contributed by atoms with van der Waals surface area (Å²) in [6.07, 6.45) is 10.5. The summed E-state index contributed by atoms with van der Waals surface area (Å²) in [6, 6.07) is 11.3. The Bertz CT molecular complexity index is 962. The minimum Gasteiger partial charge on any atom is -0.366 e. The zero-order valence-corrected chi connectivity index (χ0v) is 20.5. The normalized spacial score (nSPS) is 25.4. The van der Waals surface area contributed by atoms with E-state index in [1.54, 1.807) is 6.20 Å². The van der Waals surface area contributed by atoms with E-state index in [-0.39, 0.29) is 17.5 Å². The summed E-state index contributed by atoms with van der Waals surface area (Å²) in [5.74, 6) is 1.72. The molecule has 33 heavy (non-hydrogen) atoms. The number of hydrogen-bond acceptors (Lipinski definition) is 4. The van der Waals surface area contributed by atoms with Crippen LogP contribution in [0.3, 0.4) is 0 Å². The second-order valence-corrected chi connectivity index (χ2v) is 11.1. The van der Waals surface area contributed by atoms with Gasteiger partial charge in [0.25, 0.3) is 5.91 Å². The monoisotopic (exact) mass is 449 g/mol. The largest absolute Gasteiger partial charge is 0.366 e. The van der Waals surface area contributed by atoms with E-state index in [1.165, 1.54) is 37.7 Å². The molecule has 2 fully saturated rings. The first-order chi connectivity index (χ1) is 15.9. The molecule has 1 saturated heterocycles. The Labute approximate surface area is 198 Å². The fraction of sp³-hybridized carbons (Fsp3) is 0.630. The lowest BCUT2D eigenvalue weighted by molar-refractivity contribution is 0.0735. The molecule has 2 atom stereocenters. The van der Waals surface area contributed by atoms with Gasteiger partial charge < -0.3 is 10.2 Å². The van der Waals surface area contributed by atoms with Crippen LogP contribution in [-0.4, -0.2) is 57.7 Å². The summed E-state index contributed by atoms with van der Waals surface area (Å²) < 4.78 is 2.06. The molecule has 3 heterocycles. The fourth-order valence-electron chi connectivity index (χ4n) is 6.24. The maximum Gasteiger partial charge on any atom is 0.259 e. The molecule has 2 aromatic rings. The van der Waals surface area contributed by atoms with Crippen molar-refractivity contribution < 1.29 is 4.79 Å². The van der Waals surface area contributed by atoms with Crippen LogP contribution in [0.15, 0.2) is 36.5 Å². The minimum absolute atomic E-state index is 0.0837. The van der Waals surface area contributed by atoms with Crippen molar-refractivity contribution in [2.24, 2.45) is 5.92 Å². The molecule has 1 amide bonds. The Morgan fingerprint density at radius 3 is 2.67 bits per heavy atom. The molecule has 1 saturated carbocycles. The van der Waals surface area contributed by atoms with Crippen molar-refractivity contribution in [3.63, 3.8) is 0 Å². The molecule has 1 aromatic heterocycles. The van der Waals surface area contributed by atoms with Crippen LogP contribution in [0.2, 0.25) is 0 Å². The Balaban J connectivity index is 1.29. The number of carbonyl (C=O) groups is 1. The molecule has 1 aliphatic carbocycles. The number of hydrogen-bond donors (Lipinski definition) is 1. The second kappa shape index (κ2) is 9.13. The predicted octanol–water partition coefficient (Wildman–Crippen LogP) is 4.73. The van der Waals surface area contributed by atoms with Crippen LogP contribution in [0.1, 0.15) is 74.7 Å². The molecule has 178 valence electrons. The van der Waals surface area contributed by atoms with Gasteiger partial charge in [-0.1, -0.05) is 49.6 Å². The van der Waals surface area contributed by atoms with Crippen molar-refractivity contribution in [3.8, 4) is 0 Å². The second-order valence-electron chi connectivity index (χ2n) is 11.1. The van der Waals surface area contributed by atoms with Crippen LogP contribution in [-0.2, 0) is 12.1 Å². The van der Waals surface area contributed by atoms with Gasteiger partial charge in [0.1, 0.15) is 11.4 Å². The van der Waals surface area contributed by atoms with Gasteiger partial charge in [0.2, 0.25) is 0 Å². The molecule has 1 aromatic carbocycles. The molecule has 1 N–H and O–H groups in total. The third-order valence-electron chi connectivity index (χ3n) is 8.20. The van der Waals surface area contributed by atoms with Crippen molar-refractivity contribution in [2.75, 3.05) is 25.5 Å². The van der Waals surface area contributed by atoms with Crippen molar-refractivity contribution in [1.29, 1.82) is 0 Å². The molecule has 2 unspecified atom stereocenters. The first-order valence-corrected chi connectivity index (χ1v) is 12.8. The topological polar surface area (TPSA) is 53.4 Å². The van der Waals surface area contributed by atoms with E-state index >= 15 is 0 Å². The fourth-order valence-corrected chi connectivity index (χ4v) is 6.24. The highest BCUT2D eigenvalue weighted by atomic mass is 16.2. The summed E-state index contributed by atoms with van der Waals surface area (Å²) in [7, 11) is 1.97. The Kier molecular flexibility index (Phi) is 6.21. The first-order valence-electron chi connectivity index (χ1n) is 12.8. The van der Waals surface area contributed by atoms with Gasteiger partial charge in [0, 0.05) is 38.8 Å². The van der Waals surface area contributed by atoms with Gasteiger partial charge in [0.15, 0.2) is 0 Å². The van der Waals surface area contributed by atoms with Crippen LogP contribution >= 0.6 is 0 Å². The standard InChI is InChI=1S/C27H39N5O/c1-27(2)16-24(21-12-8-5-9-13-21)29-25-23(17-28-32(25)27)26(33)30(3)22-14-15-31(19-22)18-20-10-6-4-7-11-20/h4,6-7,10-11,17,21-22,24,29H,5,8-9,12-16,18-19H2,1-3H3. The van der Waals surface area contributed by atoms with Gasteiger partial charge >= 0.3 is 0 Å². The van der Waals surface area contributed by atoms with E-state index in [0.717, 1.165) is 43.9 Å². The average Bonchev–Trinajstić information content (AvgIpc) is 3.47. The number of anilines is 1. The number of benzene rings is 1. The van der Waals surface area contributed by atoms with E-state index < -0.39 is 0 Å². The Hall–Kier alpha value is -2.34. The number of aromatic nitrogens is 2.